The normalized spacial score (nSPS) is 11.7. The van der Waals surface area contributed by atoms with Crippen molar-refractivity contribution in [2.75, 3.05) is 5.75 Å². The first-order valence-corrected chi connectivity index (χ1v) is 9.59. The van der Waals surface area contributed by atoms with Gasteiger partial charge in [-0.15, -0.1) is 0 Å². The first-order valence-electron chi connectivity index (χ1n) is 8.61. The predicted octanol–water partition coefficient (Wildman–Crippen LogP) is 4.02. The molecule has 26 heavy (non-hydrogen) atoms. The van der Waals surface area contributed by atoms with Crippen LogP contribution in [0.2, 0.25) is 0 Å². The summed E-state index contributed by atoms with van der Waals surface area (Å²) in [4.78, 5) is 17.0. The molecule has 0 atom stereocenters. The first-order chi connectivity index (χ1) is 12.2. The number of amides is 1. The van der Waals surface area contributed by atoms with E-state index in [-0.39, 0.29) is 11.4 Å². The zero-order valence-corrected chi connectivity index (χ0v) is 16.6. The van der Waals surface area contributed by atoms with Gasteiger partial charge in [0.25, 0.3) is 0 Å². The molecule has 6 heteroatoms. The van der Waals surface area contributed by atoms with Crippen LogP contribution in [0.5, 0.6) is 0 Å². The molecule has 0 aliphatic rings. The van der Waals surface area contributed by atoms with E-state index in [1.807, 2.05) is 62.5 Å². The zero-order chi connectivity index (χ0) is 18.9. The molecule has 0 aliphatic heterocycles. The van der Waals surface area contributed by atoms with Crippen LogP contribution in [-0.2, 0) is 4.79 Å². The molecule has 0 bridgehead atoms. The smallest absolute Gasteiger partial charge is 0.230 e. The molecule has 136 valence electrons. The van der Waals surface area contributed by atoms with Gasteiger partial charge in [-0.25, -0.2) is 9.50 Å². The van der Waals surface area contributed by atoms with E-state index < -0.39 is 0 Å². The number of hydrogen-bond donors (Lipinski definition) is 1. The third-order valence-corrected chi connectivity index (χ3v) is 4.70. The number of thioether (sulfide) groups is 1. The quantitative estimate of drug-likeness (QED) is 0.707. The van der Waals surface area contributed by atoms with Crippen molar-refractivity contribution >= 4 is 23.2 Å². The number of hydrogen-bond acceptors (Lipinski definition) is 4. The van der Waals surface area contributed by atoms with Crippen molar-refractivity contribution in [2.45, 2.75) is 45.3 Å². The standard InChI is InChI=1S/C20H24N4OS/c1-13-11-14(2)23-24-18(13)17(15-9-7-6-8-10-15)21-19(24)26-12-16(25)22-20(3,4)5/h6-11H,12H2,1-5H3,(H,22,25). The van der Waals surface area contributed by atoms with Gasteiger partial charge in [-0.05, 0) is 46.2 Å². The van der Waals surface area contributed by atoms with Gasteiger partial charge >= 0.3 is 0 Å². The molecular formula is C20H24N4OS. The van der Waals surface area contributed by atoms with Gasteiger partial charge in [-0.2, -0.15) is 5.10 Å². The van der Waals surface area contributed by atoms with E-state index >= 15 is 0 Å². The van der Waals surface area contributed by atoms with Crippen LogP contribution in [0.1, 0.15) is 32.0 Å². The van der Waals surface area contributed by atoms with Crippen molar-refractivity contribution in [1.29, 1.82) is 0 Å². The van der Waals surface area contributed by atoms with Crippen LogP contribution < -0.4 is 5.32 Å². The SMILES string of the molecule is Cc1cc(C)c2c(-c3ccccc3)nc(SCC(=O)NC(C)(C)C)n2n1. The summed E-state index contributed by atoms with van der Waals surface area (Å²) in [6.45, 7) is 9.96. The highest BCUT2D eigenvalue weighted by molar-refractivity contribution is 7.99. The predicted molar refractivity (Wildman–Crippen MR) is 107 cm³/mol. The van der Waals surface area contributed by atoms with E-state index in [1.165, 1.54) is 11.8 Å². The zero-order valence-electron chi connectivity index (χ0n) is 15.8. The minimum Gasteiger partial charge on any atom is -0.351 e. The lowest BCUT2D eigenvalue weighted by Gasteiger charge is -2.20. The van der Waals surface area contributed by atoms with Gasteiger partial charge in [-0.3, -0.25) is 4.79 Å². The van der Waals surface area contributed by atoms with Crippen LogP contribution >= 0.6 is 11.8 Å². The second kappa shape index (κ2) is 7.11. The number of carbonyl (C=O) groups is 1. The molecule has 1 amide bonds. The highest BCUT2D eigenvalue weighted by atomic mass is 32.2. The molecule has 1 aromatic carbocycles. The van der Waals surface area contributed by atoms with E-state index in [0.717, 1.165) is 33.2 Å². The highest BCUT2D eigenvalue weighted by Gasteiger charge is 2.19. The van der Waals surface area contributed by atoms with Crippen molar-refractivity contribution in [2.24, 2.45) is 0 Å². The summed E-state index contributed by atoms with van der Waals surface area (Å²) in [5.74, 6) is 0.295. The minimum absolute atomic E-state index is 0.00936. The Bertz CT molecular complexity index is 942. The van der Waals surface area contributed by atoms with E-state index in [1.54, 1.807) is 0 Å². The maximum absolute atomic E-state index is 12.2. The van der Waals surface area contributed by atoms with Gasteiger partial charge < -0.3 is 5.32 Å². The molecule has 0 spiro atoms. The number of aromatic nitrogens is 3. The Morgan fingerprint density at radius 3 is 2.54 bits per heavy atom. The Hall–Kier alpha value is -2.34. The van der Waals surface area contributed by atoms with Crippen LogP contribution in [0.25, 0.3) is 16.8 Å². The number of nitrogens with zero attached hydrogens (tertiary/aromatic N) is 3. The molecule has 0 unspecified atom stereocenters. The topological polar surface area (TPSA) is 59.3 Å². The lowest BCUT2D eigenvalue weighted by Crippen LogP contribution is -2.41. The summed E-state index contributed by atoms with van der Waals surface area (Å²) in [6, 6.07) is 12.1. The summed E-state index contributed by atoms with van der Waals surface area (Å²) in [5.41, 5.74) is 4.73. The maximum Gasteiger partial charge on any atom is 0.230 e. The molecular weight excluding hydrogens is 344 g/mol. The van der Waals surface area contributed by atoms with Gasteiger partial charge in [0.15, 0.2) is 5.16 Å². The summed E-state index contributed by atoms with van der Waals surface area (Å²) < 4.78 is 1.86. The average molecular weight is 369 g/mol. The van der Waals surface area contributed by atoms with Gasteiger partial charge in [0.2, 0.25) is 5.91 Å². The molecule has 0 saturated carbocycles. The molecule has 5 nitrogen and oxygen atoms in total. The maximum atomic E-state index is 12.2. The van der Waals surface area contributed by atoms with Crippen molar-refractivity contribution in [3.63, 3.8) is 0 Å². The lowest BCUT2D eigenvalue weighted by atomic mass is 10.1. The van der Waals surface area contributed by atoms with Crippen molar-refractivity contribution < 1.29 is 4.79 Å². The number of imidazole rings is 1. The monoisotopic (exact) mass is 368 g/mol. The van der Waals surface area contributed by atoms with Crippen LogP contribution in [0.15, 0.2) is 41.6 Å². The molecule has 2 aromatic heterocycles. The summed E-state index contributed by atoms with van der Waals surface area (Å²) in [6.07, 6.45) is 0. The average Bonchev–Trinajstić information content (AvgIpc) is 2.91. The molecule has 0 aliphatic carbocycles. The summed E-state index contributed by atoms with van der Waals surface area (Å²) >= 11 is 1.41. The van der Waals surface area contributed by atoms with Gasteiger partial charge in [0.05, 0.1) is 22.7 Å². The number of rotatable bonds is 4. The van der Waals surface area contributed by atoms with Crippen molar-refractivity contribution in [1.82, 2.24) is 19.9 Å². The Labute approximate surface area is 158 Å². The molecule has 0 saturated heterocycles. The second-order valence-electron chi connectivity index (χ2n) is 7.43. The molecule has 3 rings (SSSR count). The number of fused-ring (bicyclic) bond motifs is 1. The number of aryl methyl sites for hydroxylation is 2. The van der Waals surface area contributed by atoms with Gasteiger partial charge in [0, 0.05) is 11.1 Å². The van der Waals surface area contributed by atoms with Crippen molar-refractivity contribution in [3.8, 4) is 11.3 Å². The van der Waals surface area contributed by atoms with Crippen LogP contribution in [0.4, 0.5) is 0 Å². The Morgan fingerprint density at radius 2 is 1.88 bits per heavy atom. The fourth-order valence-corrected chi connectivity index (χ4v) is 3.62. The summed E-state index contributed by atoms with van der Waals surface area (Å²) in [7, 11) is 0. The molecule has 2 heterocycles. The number of benzene rings is 1. The molecule has 3 aromatic rings. The van der Waals surface area contributed by atoms with Gasteiger partial charge in [-0.1, -0.05) is 42.1 Å². The van der Waals surface area contributed by atoms with Crippen molar-refractivity contribution in [3.05, 3.63) is 47.7 Å². The van der Waals surface area contributed by atoms with Crippen LogP contribution in [-0.4, -0.2) is 31.8 Å². The van der Waals surface area contributed by atoms with E-state index in [9.17, 15) is 4.79 Å². The fraction of sp³-hybridized carbons (Fsp3) is 0.350. The minimum atomic E-state index is -0.243. The third kappa shape index (κ3) is 4.07. The number of carbonyl (C=O) groups excluding carboxylic acids is 1. The van der Waals surface area contributed by atoms with E-state index in [4.69, 9.17) is 4.98 Å². The summed E-state index contributed by atoms with van der Waals surface area (Å²) in [5, 5.41) is 8.35. The third-order valence-electron chi connectivity index (χ3n) is 3.78. The van der Waals surface area contributed by atoms with E-state index in [0.29, 0.717) is 5.75 Å². The van der Waals surface area contributed by atoms with Gasteiger partial charge in [0.1, 0.15) is 0 Å². The van der Waals surface area contributed by atoms with Crippen LogP contribution in [0, 0.1) is 13.8 Å². The highest BCUT2D eigenvalue weighted by Crippen LogP contribution is 2.30. The second-order valence-corrected chi connectivity index (χ2v) is 8.37. The lowest BCUT2D eigenvalue weighted by molar-refractivity contribution is -0.119. The Morgan fingerprint density at radius 1 is 1.19 bits per heavy atom. The molecule has 0 fully saturated rings. The molecule has 1 N–H and O–H groups in total. The number of nitrogens with one attached hydrogen (secondary N) is 1. The molecule has 0 radical (unpaired) electrons. The fourth-order valence-electron chi connectivity index (χ4n) is 2.88. The largest absolute Gasteiger partial charge is 0.351 e. The van der Waals surface area contributed by atoms with E-state index in [2.05, 4.69) is 23.4 Å². The first kappa shape index (κ1) is 18.5. The Balaban J connectivity index is 1.99. The van der Waals surface area contributed by atoms with Crippen LogP contribution in [0.3, 0.4) is 0 Å². The Kier molecular flexibility index (Phi) is 5.05.